The number of hydrogen-bond donors (Lipinski definition) is 2. The summed E-state index contributed by atoms with van der Waals surface area (Å²) < 4.78 is 27.1. The van der Waals surface area contributed by atoms with E-state index in [-0.39, 0.29) is 27.2 Å². The molecule has 0 aliphatic heterocycles. The van der Waals surface area contributed by atoms with Crippen molar-refractivity contribution in [3.8, 4) is 0 Å². The van der Waals surface area contributed by atoms with Crippen molar-refractivity contribution in [2.24, 2.45) is 0 Å². The van der Waals surface area contributed by atoms with Gasteiger partial charge in [-0.1, -0.05) is 11.6 Å². The molecule has 8 heteroatoms. The number of rotatable bonds is 2. The molecule has 0 unspecified atom stereocenters. The smallest absolute Gasteiger partial charge is 0.258 e. The number of H-pyrrole nitrogens is 1. The Morgan fingerprint density at radius 1 is 1.17 bits per heavy atom. The number of anilines is 1. The Morgan fingerprint density at radius 2 is 1.96 bits per heavy atom. The second kappa shape index (κ2) is 5.77. The zero-order valence-corrected chi connectivity index (χ0v) is 12.1. The Morgan fingerprint density at radius 3 is 2.70 bits per heavy atom. The summed E-state index contributed by atoms with van der Waals surface area (Å²) in [5, 5.41) is 2.22. The van der Waals surface area contributed by atoms with Gasteiger partial charge in [0, 0.05) is 11.6 Å². The molecule has 0 fully saturated rings. The van der Waals surface area contributed by atoms with Crippen LogP contribution in [0.15, 0.2) is 41.5 Å². The third kappa shape index (κ3) is 2.91. The number of aromatic amines is 1. The van der Waals surface area contributed by atoms with E-state index < -0.39 is 23.1 Å². The first kappa shape index (κ1) is 15.1. The van der Waals surface area contributed by atoms with Crippen molar-refractivity contribution in [2.45, 2.75) is 0 Å². The molecule has 0 saturated heterocycles. The fourth-order valence-electron chi connectivity index (χ4n) is 2.02. The van der Waals surface area contributed by atoms with Gasteiger partial charge < -0.3 is 10.3 Å². The number of aromatic nitrogens is 2. The number of carbonyl (C=O) groups is 1. The molecule has 1 aromatic heterocycles. The number of amides is 1. The Kier molecular flexibility index (Phi) is 3.79. The first-order valence-corrected chi connectivity index (χ1v) is 6.77. The van der Waals surface area contributed by atoms with Crippen LogP contribution in [0.2, 0.25) is 5.02 Å². The molecule has 2 N–H and O–H groups in total. The summed E-state index contributed by atoms with van der Waals surface area (Å²) in [5.74, 6) is -2.11. The number of hydrogen-bond acceptors (Lipinski definition) is 3. The molecule has 116 valence electrons. The fourth-order valence-corrected chi connectivity index (χ4v) is 2.20. The van der Waals surface area contributed by atoms with Gasteiger partial charge in [-0.05, 0) is 24.3 Å². The van der Waals surface area contributed by atoms with Crippen molar-refractivity contribution in [3.63, 3.8) is 0 Å². The highest BCUT2D eigenvalue weighted by molar-refractivity contribution is 6.31. The molecule has 0 aliphatic carbocycles. The van der Waals surface area contributed by atoms with Gasteiger partial charge in [0.05, 0.1) is 27.9 Å². The van der Waals surface area contributed by atoms with Crippen molar-refractivity contribution in [2.75, 3.05) is 5.32 Å². The van der Waals surface area contributed by atoms with Crippen molar-refractivity contribution in [3.05, 3.63) is 69.2 Å². The van der Waals surface area contributed by atoms with E-state index in [4.69, 9.17) is 11.6 Å². The van der Waals surface area contributed by atoms with Crippen molar-refractivity contribution in [1.82, 2.24) is 9.97 Å². The normalized spacial score (nSPS) is 10.7. The molecular weight excluding hydrogens is 328 g/mol. The maximum Gasteiger partial charge on any atom is 0.258 e. The number of carbonyl (C=O) groups excluding carboxylic acids is 1. The summed E-state index contributed by atoms with van der Waals surface area (Å²) in [6.07, 6.45) is 1.16. The first-order valence-electron chi connectivity index (χ1n) is 6.39. The van der Waals surface area contributed by atoms with Crippen LogP contribution in [0.3, 0.4) is 0 Å². The summed E-state index contributed by atoms with van der Waals surface area (Å²) in [6.45, 7) is 0. The predicted molar refractivity (Wildman–Crippen MR) is 81.7 cm³/mol. The van der Waals surface area contributed by atoms with Crippen LogP contribution < -0.4 is 10.9 Å². The molecule has 3 rings (SSSR count). The van der Waals surface area contributed by atoms with Crippen molar-refractivity contribution < 1.29 is 13.6 Å². The molecule has 0 aliphatic rings. The number of nitrogens with zero attached hydrogens (tertiary/aromatic N) is 1. The number of halogens is 3. The lowest BCUT2D eigenvalue weighted by atomic mass is 10.1. The maximum absolute atomic E-state index is 14.0. The summed E-state index contributed by atoms with van der Waals surface area (Å²) in [4.78, 5) is 30.0. The third-order valence-corrected chi connectivity index (χ3v) is 3.45. The highest BCUT2D eigenvalue weighted by Crippen LogP contribution is 2.21. The van der Waals surface area contributed by atoms with E-state index in [1.54, 1.807) is 0 Å². The average Bonchev–Trinajstić information content (AvgIpc) is 2.51. The Labute approximate surface area is 132 Å². The number of benzene rings is 2. The summed E-state index contributed by atoms with van der Waals surface area (Å²) in [5.41, 5.74) is -0.443. The van der Waals surface area contributed by atoms with E-state index in [1.165, 1.54) is 12.1 Å². The standard InChI is InChI=1S/C15H8ClF2N3O2/c16-9-3-7(1-2-10(9)17)14(22)21-13-4-8-12(5-11(13)18)19-6-20-15(8)23/h1-6H,(H,21,22)(H,19,20,23). The molecular formula is C15H8ClF2N3O2. The van der Waals surface area contributed by atoms with E-state index in [0.717, 1.165) is 24.5 Å². The highest BCUT2D eigenvalue weighted by Gasteiger charge is 2.13. The molecule has 23 heavy (non-hydrogen) atoms. The molecule has 1 amide bonds. The van der Waals surface area contributed by atoms with Crippen molar-refractivity contribution >= 4 is 34.1 Å². The summed E-state index contributed by atoms with van der Waals surface area (Å²) in [6, 6.07) is 5.59. The van der Waals surface area contributed by atoms with E-state index >= 15 is 0 Å². The maximum atomic E-state index is 14.0. The van der Waals surface area contributed by atoms with Crippen LogP contribution in [0, 0.1) is 11.6 Å². The Balaban J connectivity index is 1.99. The van der Waals surface area contributed by atoms with Crippen LogP contribution in [0.1, 0.15) is 10.4 Å². The van der Waals surface area contributed by atoms with Gasteiger partial charge in [0.2, 0.25) is 0 Å². The van der Waals surface area contributed by atoms with Gasteiger partial charge in [-0.25, -0.2) is 13.8 Å². The Hall–Kier alpha value is -2.80. The molecule has 0 spiro atoms. The molecule has 1 heterocycles. The molecule has 3 aromatic rings. The SMILES string of the molecule is O=C(Nc1cc2c(=O)[nH]cnc2cc1F)c1ccc(F)c(Cl)c1. The highest BCUT2D eigenvalue weighted by atomic mass is 35.5. The lowest BCUT2D eigenvalue weighted by Crippen LogP contribution is -2.14. The average molecular weight is 336 g/mol. The summed E-state index contributed by atoms with van der Waals surface area (Å²) in [7, 11) is 0. The van der Waals surface area contributed by atoms with E-state index in [9.17, 15) is 18.4 Å². The second-order valence-electron chi connectivity index (χ2n) is 4.66. The zero-order chi connectivity index (χ0) is 16.6. The van der Waals surface area contributed by atoms with Crippen LogP contribution >= 0.6 is 11.6 Å². The molecule has 0 atom stereocenters. The minimum atomic E-state index is -0.753. The monoisotopic (exact) mass is 335 g/mol. The van der Waals surface area contributed by atoms with Crippen LogP contribution in [0.25, 0.3) is 10.9 Å². The predicted octanol–water partition coefficient (Wildman–Crippen LogP) is 3.11. The first-order chi connectivity index (χ1) is 11.0. The topological polar surface area (TPSA) is 74.8 Å². The van der Waals surface area contributed by atoms with Crippen LogP contribution in [0.5, 0.6) is 0 Å². The molecule has 2 aromatic carbocycles. The number of nitrogens with one attached hydrogen (secondary N) is 2. The second-order valence-corrected chi connectivity index (χ2v) is 5.07. The lowest BCUT2D eigenvalue weighted by Gasteiger charge is -2.08. The minimum absolute atomic E-state index is 0.0518. The minimum Gasteiger partial charge on any atom is -0.319 e. The van der Waals surface area contributed by atoms with Crippen molar-refractivity contribution in [1.29, 1.82) is 0 Å². The zero-order valence-electron chi connectivity index (χ0n) is 11.4. The Bertz CT molecular complexity index is 988. The molecule has 0 bridgehead atoms. The molecule has 0 saturated carbocycles. The lowest BCUT2D eigenvalue weighted by molar-refractivity contribution is 0.102. The summed E-state index contributed by atoms with van der Waals surface area (Å²) >= 11 is 5.61. The molecule has 0 radical (unpaired) electrons. The van der Waals surface area contributed by atoms with Crippen LogP contribution in [0.4, 0.5) is 14.5 Å². The quantitative estimate of drug-likeness (QED) is 0.755. The van der Waals surface area contributed by atoms with Crippen LogP contribution in [-0.2, 0) is 0 Å². The third-order valence-electron chi connectivity index (χ3n) is 3.16. The van der Waals surface area contributed by atoms with Gasteiger partial charge in [-0.15, -0.1) is 0 Å². The van der Waals surface area contributed by atoms with Crippen LogP contribution in [-0.4, -0.2) is 15.9 Å². The van der Waals surface area contributed by atoms with Gasteiger partial charge in [0.1, 0.15) is 11.6 Å². The van der Waals surface area contributed by atoms with Gasteiger partial charge in [-0.3, -0.25) is 9.59 Å². The van der Waals surface area contributed by atoms with E-state index in [0.29, 0.717) is 0 Å². The van der Waals surface area contributed by atoms with Gasteiger partial charge in [-0.2, -0.15) is 0 Å². The van der Waals surface area contributed by atoms with Gasteiger partial charge >= 0.3 is 0 Å². The van der Waals surface area contributed by atoms with E-state index in [2.05, 4.69) is 15.3 Å². The number of fused-ring (bicyclic) bond motifs is 1. The largest absolute Gasteiger partial charge is 0.319 e. The van der Waals surface area contributed by atoms with Gasteiger partial charge in [0.15, 0.2) is 0 Å². The van der Waals surface area contributed by atoms with E-state index in [1.807, 2.05) is 0 Å². The fraction of sp³-hybridized carbons (Fsp3) is 0. The molecule has 5 nitrogen and oxygen atoms in total. The van der Waals surface area contributed by atoms with Gasteiger partial charge in [0.25, 0.3) is 11.5 Å².